The summed E-state index contributed by atoms with van der Waals surface area (Å²) in [6, 6.07) is 9.39. The van der Waals surface area contributed by atoms with Gasteiger partial charge in [0, 0.05) is 10.4 Å². The van der Waals surface area contributed by atoms with Crippen LogP contribution >= 0.6 is 22.7 Å². The van der Waals surface area contributed by atoms with Crippen molar-refractivity contribution < 1.29 is 13.9 Å². The maximum atomic E-state index is 14.1. The van der Waals surface area contributed by atoms with Crippen LogP contribution in [0, 0.1) is 5.82 Å². The molecular weight excluding hydrogens is 411 g/mol. The van der Waals surface area contributed by atoms with Gasteiger partial charge in [-0.2, -0.15) is 0 Å². The Hall–Kier alpha value is -2.84. The van der Waals surface area contributed by atoms with Gasteiger partial charge in [0.1, 0.15) is 11.9 Å². The lowest BCUT2D eigenvalue weighted by Crippen LogP contribution is -2.39. The third kappa shape index (κ3) is 3.49. The number of ether oxygens (including phenoxy) is 1. The molecule has 3 aromatic rings. The number of nitrogens with zero attached hydrogens (tertiary/aromatic N) is 2. The quantitative estimate of drug-likeness (QED) is 0.601. The van der Waals surface area contributed by atoms with Crippen LogP contribution in [-0.2, 0) is 9.53 Å². The van der Waals surface area contributed by atoms with Crippen molar-refractivity contribution in [1.29, 1.82) is 0 Å². The van der Waals surface area contributed by atoms with Crippen LogP contribution in [0.5, 0.6) is 0 Å². The first-order valence-electron chi connectivity index (χ1n) is 8.99. The molecule has 0 fully saturated rings. The Morgan fingerprint density at radius 3 is 2.79 bits per heavy atom. The van der Waals surface area contributed by atoms with Gasteiger partial charge in [-0.15, -0.1) is 11.3 Å². The van der Waals surface area contributed by atoms with Gasteiger partial charge < -0.3 is 4.74 Å². The van der Waals surface area contributed by atoms with E-state index < -0.39 is 17.8 Å². The summed E-state index contributed by atoms with van der Waals surface area (Å²) in [5, 5.41) is 1.89. The van der Waals surface area contributed by atoms with Crippen molar-refractivity contribution >= 4 is 34.7 Å². The van der Waals surface area contributed by atoms with Gasteiger partial charge in [-0.25, -0.2) is 14.2 Å². The zero-order valence-electron chi connectivity index (χ0n) is 15.7. The zero-order valence-corrected chi connectivity index (χ0v) is 17.3. The first kappa shape index (κ1) is 19.5. The van der Waals surface area contributed by atoms with Crippen LogP contribution in [-0.4, -0.2) is 17.1 Å². The van der Waals surface area contributed by atoms with E-state index in [0.717, 1.165) is 4.88 Å². The van der Waals surface area contributed by atoms with E-state index in [9.17, 15) is 14.0 Å². The molecule has 0 saturated carbocycles. The van der Waals surface area contributed by atoms with Crippen LogP contribution in [0.1, 0.15) is 30.3 Å². The summed E-state index contributed by atoms with van der Waals surface area (Å²) in [7, 11) is 0. The van der Waals surface area contributed by atoms with Crippen LogP contribution in [0.2, 0.25) is 0 Å². The van der Waals surface area contributed by atoms with Crippen molar-refractivity contribution in [3.05, 3.63) is 89.0 Å². The summed E-state index contributed by atoms with van der Waals surface area (Å²) < 4.78 is 21.2. The topological polar surface area (TPSA) is 60.7 Å². The predicted molar refractivity (Wildman–Crippen MR) is 111 cm³/mol. The van der Waals surface area contributed by atoms with Gasteiger partial charge in [0.05, 0.1) is 22.4 Å². The molecule has 1 atom stereocenters. The third-order valence-electron chi connectivity index (χ3n) is 4.52. The second-order valence-electron chi connectivity index (χ2n) is 6.34. The van der Waals surface area contributed by atoms with Crippen LogP contribution in [0.3, 0.4) is 0 Å². The molecule has 1 aliphatic rings. The van der Waals surface area contributed by atoms with Gasteiger partial charge in [0.2, 0.25) is 0 Å². The fraction of sp³-hybridized carbons (Fsp3) is 0.190. The number of carbonyl (C=O) groups is 1. The number of carbonyl (C=O) groups excluding carboxylic acids is 1. The van der Waals surface area contributed by atoms with Gasteiger partial charge in [0.25, 0.3) is 5.56 Å². The average Bonchev–Trinajstić information content (AvgIpc) is 3.32. The van der Waals surface area contributed by atoms with Crippen molar-refractivity contribution in [3.8, 4) is 0 Å². The summed E-state index contributed by atoms with van der Waals surface area (Å²) >= 11 is 2.63. The van der Waals surface area contributed by atoms with Gasteiger partial charge in [-0.05, 0) is 37.4 Å². The molecule has 1 aliphatic heterocycles. The molecule has 0 bridgehead atoms. The number of hydrogen-bond acceptors (Lipinski definition) is 6. The van der Waals surface area contributed by atoms with E-state index in [1.807, 2.05) is 17.5 Å². The van der Waals surface area contributed by atoms with Gasteiger partial charge >= 0.3 is 5.97 Å². The fourth-order valence-corrected chi connectivity index (χ4v) is 5.10. The van der Waals surface area contributed by atoms with E-state index in [1.54, 1.807) is 32.0 Å². The van der Waals surface area contributed by atoms with Gasteiger partial charge in [-0.3, -0.25) is 9.36 Å². The van der Waals surface area contributed by atoms with E-state index in [4.69, 9.17) is 4.74 Å². The number of benzene rings is 1. The highest BCUT2D eigenvalue weighted by atomic mass is 32.1. The Balaban J connectivity index is 1.96. The number of aromatic nitrogens is 1. The first-order valence-corrected chi connectivity index (χ1v) is 10.7. The van der Waals surface area contributed by atoms with Crippen molar-refractivity contribution in [1.82, 2.24) is 4.57 Å². The molecule has 29 heavy (non-hydrogen) atoms. The second-order valence-corrected chi connectivity index (χ2v) is 8.33. The maximum Gasteiger partial charge on any atom is 0.338 e. The van der Waals surface area contributed by atoms with E-state index >= 15 is 0 Å². The summed E-state index contributed by atoms with van der Waals surface area (Å²) in [5.74, 6) is -0.896. The molecule has 0 aliphatic carbocycles. The minimum atomic E-state index is -0.618. The number of fused-ring (bicyclic) bond motifs is 1. The largest absolute Gasteiger partial charge is 0.463 e. The van der Waals surface area contributed by atoms with Crippen LogP contribution in [0.15, 0.2) is 62.8 Å². The van der Waals surface area contributed by atoms with Crippen molar-refractivity contribution in [2.75, 3.05) is 6.61 Å². The standard InChI is InChI=1S/C21H17FN2O3S2/c1-3-27-20(26)17-12(2)23-21-24(18(17)15-9-6-10-28-15)19(25)16(29-21)11-13-7-4-5-8-14(13)22/h4-11,18H,3H2,1-2H3/t18-/m0/s1. The molecule has 5 nitrogen and oxygen atoms in total. The summed E-state index contributed by atoms with van der Waals surface area (Å²) in [4.78, 5) is 31.7. The summed E-state index contributed by atoms with van der Waals surface area (Å²) in [6.45, 7) is 3.70. The third-order valence-corrected chi connectivity index (χ3v) is 6.43. The number of thiophene rings is 1. The van der Waals surface area contributed by atoms with Crippen LogP contribution in [0.4, 0.5) is 4.39 Å². The van der Waals surface area contributed by atoms with Gasteiger partial charge in [0.15, 0.2) is 4.80 Å². The maximum absolute atomic E-state index is 14.1. The molecule has 148 valence electrons. The van der Waals surface area contributed by atoms with E-state index in [1.165, 1.54) is 39.4 Å². The summed E-state index contributed by atoms with van der Waals surface area (Å²) in [5.41, 5.74) is 0.871. The molecule has 0 amide bonds. The molecule has 1 aromatic carbocycles. The number of allylic oxidation sites excluding steroid dienone is 1. The lowest BCUT2D eigenvalue weighted by atomic mass is 10.0. The minimum absolute atomic E-state index is 0.227. The molecule has 0 spiro atoms. The number of esters is 1. The lowest BCUT2D eigenvalue weighted by molar-refractivity contribution is -0.139. The number of rotatable bonds is 4. The zero-order chi connectivity index (χ0) is 20.5. The van der Waals surface area contributed by atoms with E-state index in [0.29, 0.717) is 26.2 Å². The highest BCUT2D eigenvalue weighted by Crippen LogP contribution is 2.33. The smallest absolute Gasteiger partial charge is 0.338 e. The van der Waals surface area contributed by atoms with Crippen molar-refractivity contribution in [2.24, 2.45) is 4.99 Å². The average molecular weight is 429 g/mol. The monoisotopic (exact) mass is 428 g/mol. The molecule has 0 unspecified atom stereocenters. The molecule has 0 radical (unpaired) electrons. The van der Waals surface area contributed by atoms with Crippen LogP contribution < -0.4 is 14.9 Å². The van der Waals surface area contributed by atoms with E-state index in [2.05, 4.69) is 4.99 Å². The first-order chi connectivity index (χ1) is 14.0. The molecule has 0 saturated heterocycles. The summed E-state index contributed by atoms with van der Waals surface area (Å²) in [6.07, 6.45) is 1.52. The Morgan fingerprint density at radius 1 is 1.31 bits per heavy atom. The highest BCUT2D eigenvalue weighted by Gasteiger charge is 2.33. The Bertz CT molecular complexity index is 1290. The molecule has 3 heterocycles. The van der Waals surface area contributed by atoms with Crippen LogP contribution in [0.25, 0.3) is 6.08 Å². The van der Waals surface area contributed by atoms with Crippen molar-refractivity contribution in [2.45, 2.75) is 19.9 Å². The SMILES string of the molecule is CCOC(=O)C1=C(C)N=c2sc(=Cc3ccccc3F)c(=O)n2[C@H]1c1cccs1. The Morgan fingerprint density at radius 2 is 2.10 bits per heavy atom. The van der Waals surface area contributed by atoms with Gasteiger partial charge in [-0.1, -0.05) is 35.6 Å². The van der Waals surface area contributed by atoms with Crippen molar-refractivity contribution in [3.63, 3.8) is 0 Å². The normalized spacial score (nSPS) is 16.5. The molecule has 0 N–H and O–H groups in total. The number of thiazole rings is 1. The molecule has 4 rings (SSSR count). The van der Waals surface area contributed by atoms with E-state index in [-0.39, 0.29) is 12.2 Å². The number of halogens is 1. The fourth-order valence-electron chi connectivity index (χ4n) is 3.24. The predicted octanol–water partition coefficient (Wildman–Crippen LogP) is 3.00. The molecule has 8 heteroatoms. The Labute approximate surface area is 173 Å². The lowest BCUT2D eigenvalue weighted by Gasteiger charge is -2.23. The Kier molecular flexibility index (Phi) is 5.29. The molecular formula is C21H17FN2O3S2. The minimum Gasteiger partial charge on any atom is -0.463 e. The number of hydrogen-bond donors (Lipinski definition) is 0. The second kappa shape index (κ2) is 7.88. The molecule has 2 aromatic heterocycles. The highest BCUT2D eigenvalue weighted by molar-refractivity contribution is 7.10.